The summed E-state index contributed by atoms with van der Waals surface area (Å²) in [6, 6.07) is 27.1. The lowest BCUT2D eigenvalue weighted by atomic mass is 9.88. The Balaban J connectivity index is 1.26. The standard InChI is InChI=1S/C28H30Cl2N2O/c29-24-17-21(18-25(30)20-24)19-28(33)31-26-11-14-32(15-12-26)16-13-27(22-7-3-1-4-8-22)23-9-5-2-6-10-23/h1-10,17-18,20,26-27H,11-16,19H2,(H,31,33). The lowest BCUT2D eigenvalue weighted by molar-refractivity contribution is -0.121. The molecule has 1 amide bonds. The first-order chi connectivity index (χ1) is 16.1. The molecule has 1 fully saturated rings. The first-order valence-electron chi connectivity index (χ1n) is 11.6. The summed E-state index contributed by atoms with van der Waals surface area (Å²) in [5.74, 6) is 0.425. The Bertz CT molecular complexity index is 975. The third kappa shape index (κ3) is 7.07. The highest BCUT2D eigenvalue weighted by atomic mass is 35.5. The van der Waals surface area contributed by atoms with Crippen LogP contribution in [0.4, 0.5) is 0 Å². The second kappa shape index (κ2) is 11.7. The number of likely N-dealkylation sites (tertiary alicyclic amines) is 1. The maximum absolute atomic E-state index is 12.5. The topological polar surface area (TPSA) is 32.3 Å². The van der Waals surface area contributed by atoms with Crippen LogP contribution in [0.15, 0.2) is 78.9 Å². The van der Waals surface area contributed by atoms with Gasteiger partial charge in [-0.1, -0.05) is 83.9 Å². The number of benzene rings is 3. The van der Waals surface area contributed by atoms with Gasteiger partial charge in [-0.05, 0) is 60.7 Å². The molecule has 1 aliphatic rings. The van der Waals surface area contributed by atoms with E-state index in [0.717, 1.165) is 44.5 Å². The van der Waals surface area contributed by atoms with E-state index in [1.165, 1.54) is 11.1 Å². The van der Waals surface area contributed by atoms with Crippen LogP contribution in [-0.2, 0) is 11.2 Å². The molecule has 3 nitrogen and oxygen atoms in total. The van der Waals surface area contributed by atoms with Crippen molar-refractivity contribution in [2.75, 3.05) is 19.6 Å². The van der Waals surface area contributed by atoms with E-state index in [9.17, 15) is 4.79 Å². The van der Waals surface area contributed by atoms with Gasteiger partial charge in [0.2, 0.25) is 5.91 Å². The number of nitrogens with one attached hydrogen (secondary N) is 1. The molecule has 0 spiro atoms. The fourth-order valence-corrected chi connectivity index (χ4v) is 5.26. The third-order valence-corrected chi connectivity index (χ3v) is 6.81. The molecule has 0 bridgehead atoms. The lowest BCUT2D eigenvalue weighted by Crippen LogP contribution is -2.45. The van der Waals surface area contributed by atoms with Gasteiger partial charge < -0.3 is 10.2 Å². The number of halogens is 2. The van der Waals surface area contributed by atoms with E-state index in [4.69, 9.17) is 23.2 Å². The molecule has 1 saturated heterocycles. The highest BCUT2D eigenvalue weighted by Crippen LogP contribution is 2.28. The molecule has 0 unspecified atom stereocenters. The van der Waals surface area contributed by atoms with Crippen LogP contribution in [0.2, 0.25) is 10.0 Å². The zero-order chi connectivity index (χ0) is 23.0. The molecular formula is C28H30Cl2N2O. The maximum atomic E-state index is 12.5. The summed E-state index contributed by atoms with van der Waals surface area (Å²) >= 11 is 12.1. The van der Waals surface area contributed by atoms with E-state index >= 15 is 0 Å². The average Bonchev–Trinajstić information content (AvgIpc) is 2.81. The van der Waals surface area contributed by atoms with Crippen molar-refractivity contribution < 1.29 is 4.79 Å². The summed E-state index contributed by atoms with van der Waals surface area (Å²) in [6.07, 6.45) is 3.34. The van der Waals surface area contributed by atoms with E-state index in [-0.39, 0.29) is 11.9 Å². The fraction of sp³-hybridized carbons (Fsp3) is 0.321. The van der Waals surface area contributed by atoms with E-state index < -0.39 is 0 Å². The van der Waals surface area contributed by atoms with E-state index in [2.05, 4.69) is 70.9 Å². The summed E-state index contributed by atoms with van der Waals surface area (Å²) < 4.78 is 0. The molecule has 33 heavy (non-hydrogen) atoms. The lowest BCUT2D eigenvalue weighted by Gasteiger charge is -2.33. The maximum Gasteiger partial charge on any atom is 0.224 e. The van der Waals surface area contributed by atoms with Crippen LogP contribution in [0.5, 0.6) is 0 Å². The van der Waals surface area contributed by atoms with Crippen LogP contribution >= 0.6 is 23.2 Å². The monoisotopic (exact) mass is 480 g/mol. The number of carbonyl (C=O) groups is 1. The van der Waals surface area contributed by atoms with Crippen molar-refractivity contribution in [3.63, 3.8) is 0 Å². The molecule has 5 heteroatoms. The minimum absolute atomic E-state index is 0.0278. The molecule has 0 radical (unpaired) electrons. The number of amides is 1. The molecule has 0 aliphatic carbocycles. The number of hydrogen-bond donors (Lipinski definition) is 1. The van der Waals surface area contributed by atoms with Gasteiger partial charge in [0.15, 0.2) is 0 Å². The fourth-order valence-electron chi connectivity index (χ4n) is 4.69. The largest absolute Gasteiger partial charge is 0.353 e. The quantitative estimate of drug-likeness (QED) is 0.407. The molecular weight excluding hydrogens is 451 g/mol. The number of piperidine rings is 1. The van der Waals surface area contributed by atoms with Crippen LogP contribution in [0.3, 0.4) is 0 Å². The molecule has 4 rings (SSSR count). The Kier molecular flexibility index (Phi) is 8.44. The summed E-state index contributed by atoms with van der Waals surface area (Å²) in [6.45, 7) is 3.06. The minimum atomic E-state index is 0.0278. The zero-order valence-electron chi connectivity index (χ0n) is 18.7. The predicted molar refractivity (Wildman–Crippen MR) is 137 cm³/mol. The van der Waals surface area contributed by atoms with Gasteiger partial charge >= 0.3 is 0 Å². The number of hydrogen-bond acceptors (Lipinski definition) is 2. The molecule has 1 heterocycles. The van der Waals surface area contributed by atoms with Crippen LogP contribution in [0.25, 0.3) is 0 Å². The van der Waals surface area contributed by atoms with Crippen molar-refractivity contribution >= 4 is 29.1 Å². The van der Waals surface area contributed by atoms with Crippen LogP contribution in [0.1, 0.15) is 41.9 Å². The molecule has 0 atom stereocenters. The summed E-state index contributed by atoms with van der Waals surface area (Å²) in [7, 11) is 0. The van der Waals surface area contributed by atoms with Crippen LogP contribution in [-0.4, -0.2) is 36.5 Å². The molecule has 172 valence electrons. The van der Waals surface area contributed by atoms with Crippen LogP contribution in [0, 0.1) is 0 Å². The van der Waals surface area contributed by atoms with Crippen molar-refractivity contribution in [2.24, 2.45) is 0 Å². The normalized spacial score (nSPS) is 15.0. The van der Waals surface area contributed by atoms with Gasteiger partial charge in [0, 0.05) is 35.1 Å². The molecule has 3 aromatic carbocycles. The highest BCUT2D eigenvalue weighted by molar-refractivity contribution is 6.34. The van der Waals surface area contributed by atoms with Gasteiger partial charge in [0.25, 0.3) is 0 Å². The predicted octanol–water partition coefficient (Wildman–Crippen LogP) is 6.34. The summed E-state index contributed by atoms with van der Waals surface area (Å²) in [4.78, 5) is 15.0. The minimum Gasteiger partial charge on any atom is -0.353 e. The molecule has 0 saturated carbocycles. The van der Waals surface area contributed by atoms with E-state index in [1.54, 1.807) is 18.2 Å². The van der Waals surface area contributed by atoms with Gasteiger partial charge in [-0.3, -0.25) is 4.79 Å². The molecule has 0 aromatic heterocycles. The van der Waals surface area contributed by atoms with Gasteiger partial charge in [0.05, 0.1) is 6.42 Å². The van der Waals surface area contributed by atoms with Crippen molar-refractivity contribution in [1.29, 1.82) is 0 Å². The van der Waals surface area contributed by atoms with Gasteiger partial charge in [-0.2, -0.15) is 0 Å². The zero-order valence-corrected chi connectivity index (χ0v) is 20.2. The van der Waals surface area contributed by atoms with E-state index in [0.29, 0.717) is 22.4 Å². The molecule has 1 N–H and O–H groups in total. The average molecular weight is 481 g/mol. The summed E-state index contributed by atoms with van der Waals surface area (Å²) in [5, 5.41) is 4.31. The first-order valence-corrected chi connectivity index (χ1v) is 12.4. The molecule has 1 aliphatic heterocycles. The third-order valence-electron chi connectivity index (χ3n) is 6.38. The van der Waals surface area contributed by atoms with Gasteiger partial charge in [-0.15, -0.1) is 0 Å². The molecule has 3 aromatic rings. The SMILES string of the molecule is O=C(Cc1cc(Cl)cc(Cl)c1)NC1CCN(CCC(c2ccccc2)c2ccccc2)CC1. The smallest absolute Gasteiger partial charge is 0.224 e. The van der Waals surface area contributed by atoms with Crippen molar-refractivity contribution in [1.82, 2.24) is 10.2 Å². The number of nitrogens with zero attached hydrogens (tertiary/aromatic N) is 1. The summed E-state index contributed by atoms with van der Waals surface area (Å²) in [5.41, 5.74) is 3.58. The van der Waals surface area contributed by atoms with Crippen molar-refractivity contribution in [3.05, 3.63) is 106 Å². The van der Waals surface area contributed by atoms with Crippen molar-refractivity contribution in [2.45, 2.75) is 37.6 Å². The second-order valence-electron chi connectivity index (χ2n) is 8.80. The first kappa shape index (κ1) is 23.8. The Morgan fingerprint density at radius 1 is 0.879 bits per heavy atom. The van der Waals surface area contributed by atoms with E-state index in [1.807, 2.05) is 0 Å². The highest BCUT2D eigenvalue weighted by Gasteiger charge is 2.22. The number of carbonyl (C=O) groups excluding carboxylic acids is 1. The number of rotatable bonds is 8. The Labute approximate surface area is 206 Å². The van der Waals surface area contributed by atoms with Gasteiger partial charge in [0.1, 0.15) is 0 Å². The Morgan fingerprint density at radius 2 is 1.42 bits per heavy atom. The Hall–Kier alpha value is -2.33. The Morgan fingerprint density at radius 3 is 1.97 bits per heavy atom. The van der Waals surface area contributed by atoms with Crippen molar-refractivity contribution in [3.8, 4) is 0 Å². The van der Waals surface area contributed by atoms with Crippen LogP contribution < -0.4 is 5.32 Å². The second-order valence-corrected chi connectivity index (χ2v) is 9.67. The van der Waals surface area contributed by atoms with Gasteiger partial charge in [-0.25, -0.2) is 0 Å².